The van der Waals surface area contributed by atoms with Gasteiger partial charge in [-0.1, -0.05) is 46.3 Å². The Kier molecular flexibility index (Phi) is 5.12. The second-order valence-corrected chi connectivity index (χ2v) is 6.51. The van der Waals surface area contributed by atoms with E-state index in [-0.39, 0.29) is 10.3 Å². The maximum absolute atomic E-state index is 12.0. The first-order chi connectivity index (χ1) is 12.1. The second-order valence-electron chi connectivity index (χ2n) is 5.18. The van der Waals surface area contributed by atoms with Crippen molar-refractivity contribution < 1.29 is 4.74 Å². The van der Waals surface area contributed by atoms with E-state index in [2.05, 4.69) is 25.9 Å². The fourth-order valence-corrected chi connectivity index (χ4v) is 2.91. The summed E-state index contributed by atoms with van der Waals surface area (Å²) >= 11 is 8.45. The first kappa shape index (κ1) is 17.1. The van der Waals surface area contributed by atoms with Crippen LogP contribution in [-0.4, -0.2) is 9.97 Å². The summed E-state index contributed by atoms with van der Waals surface area (Å²) < 4.78 is 6.85. The number of nitriles is 1. The Hall–Kier alpha value is -2.69. The normalized spacial score (nSPS) is 10.2. The van der Waals surface area contributed by atoms with Crippen molar-refractivity contribution in [2.75, 3.05) is 0 Å². The summed E-state index contributed by atoms with van der Waals surface area (Å²) in [6.45, 7) is 0.362. The molecule has 3 rings (SSSR count). The molecule has 124 valence electrons. The number of rotatable bonds is 4. The van der Waals surface area contributed by atoms with Crippen LogP contribution in [0.3, 0.4) is 0 Å². The van der Waals surface area contributed by atoms with Crippen LogP contribution in [0.1, 0.15) is 11.1 Å². The predicted molar refractivity (Wildman–Crippen MR) is 101 cm³/mol. The molecule has 2 aromatic carbocycles. The number of hydrogen-bond donors (Lipinski definition) is 2. The molecular formula is C18H12BrN3O2S. The van der Waals surface area contributed by atoms with Crippen LogP contribution in [0.5, 0.6) is 5.75 Å². The number of hydrogen-bond acceptors (Lipinski definition) is 4. The molecule has 0 unspecified atom stereocenters. The van der Waals surface area contributed by atoms with E-state index in [0.717, 1.165) is 10.0 Å². The molecule has 0 fully saturated rings. The molecule has 3 aromatic rings. The third-order valence-corrected chi connectivity index (χ3v) is 4.20. The highest BCUT2D eigenvalue weighted by atomic mass is 79.9. The van der Waals surface area contributed by atoms with Crippen LogP contribution < -0.4 is 10.3 Å². The van der Waals surface area contributed by atoms with Gasteiger partial charge >= 0.3 is 0 Å². The van der Waals surface area contributed by atoms with Crippen LogP contribution in [0, 0.1) is 16.1 Å². The zero-order chi connectivity index (χ0) is 17.8. The van der Waals surface area contributed by atoms with Gasteiger partial charge in [0.05, 0.1) is 5.69 Å². The van der Waals surface area contributed by atoms with Gasteiger partial charge < -0.3 is 9.72 Å². The molecule has 1 aromatic heterocycles. The molecule has 0 aliphatic heterocycles. The number of ether oxygens (including phenoxy) is 1. The zero-order valence-corrected chi connectivity index (χ0v) is 15.3. The quantitative estimate of drug-likeness (QED) is 0.624. The third kappa shape index (κ3) is 3.87. The standard InChI is InChI=1S/C18H12BrN3O2S/c19-12-6-7-15(24-10-11-4-2-1-3-5-11)13(8-12)16-14(9-20)17(23)22-18(25)21-16/h1-8H,10H2,(H2,21,22,23,25). The van der Waals surface area contributed by atoms with Crippen LogP contribution in [-0.2, 0) is 6.61 Å². The molecule has 0 radical (unpaired) electrons. The van der Waals surface area contributed by atoms with E-state index in [1.54, 1.807) is 12.1 Å². The fraction of sp³-hybridized carbons (Fsp3) is 0.0556. The summed E-state index contributed by atoms with van der Waals surface area (Å²) in [7, 11) is 0. The summed E-state index contributed by atoms with van der Waals surface area (Å²) in [6.07, 6.45) is 0. The lowest BCUT2D eigenvalue weighted by atomic mass is 10.1. The Bertz CT molecular complexity index is 1070. The first-order valence-corrected chi connectivity index (χ1v) is 8.52. The number of halogens is 1. The number of aromatic nitrogens is 2. The molecule has 5 nitrogen and oxygen atoms in total. The third-order valence-electron chi connectivity index (χ3n) is 3.50. The minimum absolute atomic E-state index is 0.0451. The summed E-state index contributed by atoms with van der Waals surface area (Å²) in [5, 5.41) is 9.34. The molecule has 0 aliphatic carbocycles. The van der Waals surface area contributed by atoms with Gasteiger partial charge in [0.1, 0.15) is 24.0 Å². The highest BCUT2D eigenvalue weighted by Crippen LogP contribution is 2.33. The monoisotopic (exact) mass is 413 g/mol. The zero-order valence-electron chi connectivity index (χ0n) is 12.9. The molecule has 2 N–H and O–H groups in total. The summed E-state index contributed by atoms with van der Waals surface area (Å²) in [6, 6.07) is 17.0. The van der Waals surface area contributed by atoms with E-state index in [9.17, 15) is 10.1 Å². The molecule has 0 amide bonds. The first-order valence-electron chi connectivity index (χ1n) is 7.32. The van der Waals surface area contributed by atoms with Crippen LogP contribution in [0.15, 0.2) is 57.8 Å². The number of aromatic amines is 2. The van der Waals surface area contributed by atoms with Gasteiger partial charge in [0.15, 0.2) is 4.77 Å². The van der Waals surface area contributed by atoms with E-state index in [0.29, 0.717) is 23.6 Å². The van der Waals surface area contributed by atoms with Gasteiger partial charge in [-0.15, -0.1) is 0 Å². The van der Waals surface area contributed by atoms with E-state index in [1.807, 2.05) is 42.5 Å². The second kappa shape index (κ2) is 7.47. The van der Waals surface area contributed by atoms with E-state index < -0.39 is 5.56 Å². The van der Waals surface area contributed by atoms with Crippen LogP contribution in [0.2, 0.25) is 0 Å². The van der Waals surface area contributed by atoms with Gasteiger partial charge in [-0.3, -0.25) is 9.78 Å². The summed E-state index contributed by atoms with van der Waals surface area (Å²) in [5.74, 6) is 0.541. The van der Waals surface area contributed by atoms with Crippen molar-refractivity contribution in [3.8, 4) is 23.1 Å². The number of H-pyrrole nitrogens is 2. The summed E-state index contributed by atoms with van der Waals surface area (Å²) in [5.41, 5.74) is 1.35. The maximum atomic E-state index is 12.0. The average molecular weight is 414 g/mol. The van der Waals surface area contributed by atoms with Crippen molar-refractivity contribution in [3.63, 3.8) is 0 Å². The fourth-order valence-electron chi connectivity index (χ4n) is 2.35. The largest absolute Gasteiger partial charge is 0.488 e. The van der Waals surface area contributed by atoms with E-state index in [1.165, 1.54) is 0 Å². The number of benzene rings is 2. The minimum atomic E-state index is -0.532. The Morgan fingerprint density at radius 1 is 1.16 bits per heavy atom. The highest BCUT2D eigenvalue weighted by Gasteiger charge is 2.15. The Balaban J connectivity index is 2.08. The lowest BCUT2D eigenvalue weighted by Crippen LogP contribution is -2.14. The minimum Gasteiger partial charge on any atom is -0.488 e. The molecule has 0 atom stereocenters. The Morgan fingerprint density at radius 3 is 2.64 bits per heavy atom. The number of nitrogens with one attached hydrogen (secondary N) is 2. The molecule has 1 heterocycles. The van der Waals surface area contributed by atoms with Gasteiger partial charge in [-0.25, -0.2) is 0 Å². The van der Waals surface area contributed by atoms with Crippen molar-refractivity contribution in [2.24, 2.45) is 0 Å². The van der Waals surface area contributed by atoms with Crippen LogP contribution in [0.4, 0.5) is 0 Å². The number of nitrogens with zero attached hydrogens (tertiary/aromatic N) is 1. The van der Waals surface area contributed by atoms with Crippen molar-refractivity contribution in [3.05, 3.63) is 79.3 Å². The molecule has 0 saturated carbocycles. The molecule has 7 heteroatoms. The van der Waals surface area contributed by atoms with Gasteiger partial charge in [0.2, 0.25) is 0 Å². The molecule has 0 spiro atoms. The highest BCUT2D eigenvalue weighted by molar-refractivity contribution is 9.10. The van der Waals surface area contributed by atoms with Gasteiger partial charge in [-0.2, -0.15) is 5.26 Å². The van der Waals surface area contributed by atoms with Gasteiger partial charge in [-0.05, 0) is 36.0 Å². The average Bonchev–Trinajstić information content (AvgIpc) is 2.61. The molecule has 0 saturated heterocycles. The van der Waals surface area contributed by atoms with Crippen molar-refractivity contribution in [1.82, 2.24) is 9.97 Å². The molecular weight excluding hydrogens is 402 g/mol. The lowest BCUT2D eigenvalue weighted by molar-refractivity contribution is 0.307. The maximum Gasteiger partial charge on any atom is 0.270 e. The van der Waals surface area contributed by atoms with Gasteiger partial charge in [0.25, 0.3) is 5.56 Å². The van der Waals surface area contributed by atoms with Crippen molar-refractivity contribution >= 4 is 28.1 Å². The Labute approximate surface area is 157 Å². The van der Waals surface area contributed by atoms with Crippen LogP contribution in [0.25, 0.3) is 11.3 Å². The molecule has 0 bridgehead atoms. The predicted octanol–water partition coefficient (Wildman–Crippen LogP) is 4.31. The molecule has 0 aliphatic rings. The van der Waals surface area contributed by atoms with Crippen LogP contribution >= 0.6 is 28.1 Å². The topological polar surface area (TPSA) is 81.7 Å². The lowest BCUT2D eigenvalue weighted by Gasteiger charge is -2.13. The van der Waals surface area contributed by atoms with E-state index >= 15 is 0 Å². The van der Waals surface area contributed by atoms with Crippen molar-refractivity contribution in [1.29, 1.82) is 5.26 Å². The SMILES string of the molecule is N#Cc1c(-c2cc(Br)ccc2OCc2ccccc2)[nH]c(=S)[nH]c1=O. The van der Waals surface area contributed by atoms with E-state index in [4.69, 9.17) is 17.0 Å². The van der Waals surface area contributed by atoms with Gasteiger partial charge in [0, 0.05) is 10.0 Å². The smallest absolute Gasteiger partial charge is 0.270 e. The summed E-state index contributed by atoms with van der Waals surface area (Å²) in [4.78, 5) is 17.3. The van der Waals surface area contributed by atoms with Crippen molar-refractivity contribution in [2.45, 2.75) is 6.61 Å². The Morgan fingerprint density at radius 2 is 1.92 bits per heavy atom. The molecule has 25 heavy (non-hydrogen) atoms.